The lowest BCUT2D eigenvalue weighted by Gasteiger charge is -2.10. The second-order valence-electron chi connectivity index (χ2n) is 4.70. The van der Waals surface area contributed by atoms with Gasteiger partial charge in [0.05, 0.1) is 31.5 Å². The molecule has 0 spiro atoms. The summed E-state index contributed by atoms with van der Waals surface area (Å²) in [5.41, 5.74) is 1.47. The number of fused-ring (bicyclic) bond motifs is 2. The molecule has 0 radical (unpaired) electrons. The summed E-state index contributed by atoms with van der Waals surface area (Å²) in [5, 5.41) is 5.02. The summed E-state index contributed by atoms with van der Waals surface area (Å²) in [5.74, 6) is 2.25. The van der Waals surface area contributed by atoms with E-state index in [1.54, 1.807) is 20.4 Å². The van der Waals surface area contributed by atoms with Gasteiger partial charge in [-0.25, -0.2) is 0 Å². The number of methoxy groups -OCH3 is 2. The molecule has 0 aliphatic rings. The number of ether oxygens (including phenoxy) is 2. The van der Waals surface area contributed by atoms with E-state index in [0.717, 1.165) is 28.6 Å². The van der Waals surface area contributed by atoms with Gasteiger partial charge < -0.3 is 19.2 Å². The van der Waals surface area contributed by atoms with Gasteiger partial charge in [-0.3, -0.25) is 4.98 Å². The van der Waals surface area contributed by atoms with Crippen molar-refractivity contribution in [2.45, 2.75) is 13.5 Å². The Balaban J connectivity index is 2.33. The molecule has 0 atom stereocenters. The average molecular weight is 286 g/mol. The van der Waals surface area contributed by atoms with Gasteiger partial charge in [0, 0.05) is 6.20 Å². The Morgan fingerprint density at radius 3 is 2.71 bits per heavy atom. The number of rotatable bonds is 5. The average Bonchev–Trinajstić information content (AvgIpc) is 2.93. The predicted molar refractivity (Wildman–Crippen MR) is 82.0 cm³/mol. The van der Waals surface area contributed by atoms with Crippen LogP contribution in [0.2, 0.25) is 0 Å². The highest BCUT2D eigenvalue weighted by Gasteiger charge is 2.20. The van der Waals surface area contributed by atoms with Crippen LogP contribution in [-0.2, 0) is 6.54 Å². The quantitative estimate of drug-likeness (QED) is 0.781. The molecule has 2 heterocycles. The molecular formula is C16H18N2O3. The molecule has 0 bridgehead atoms. The molecule has 3 rings (SSSR count). The summed E-state index contributed by atoms with van der Waals surface area (Å²) in [7, 11) is 3.28. The Morgan fingerprint density at radius 1 is 1.19 bits per heavy atom. The Morgan fingerprint density at radius 2 is 2.00 bits per heavy atom. The maximum absolute atomic E-state index is 5.95. The van der Waals surface area contributed by atoms with Crippen molar-refractivity contribution in [1.82, 2.24) is 10.3 Å². The first-order valence-corrected chi connectivity index (χ1v) is 6.92. The van der Waals surface area contributed by atoms with Crippen molar-refractivity contribution in [2.24, 2.45) is 0 Å². The summed E-state index contributed by atoms with van der Waals surface area (Å²) in [6, 6.07) is 5.81. The van der Waals surface area contributed by atoms with Crippen LogP contribution in [0.5, 0.6) is 11.5 Å². The minimum atomic E-state index is 0.668. The molecule has 1 aromatic carbocycles. The van der Waals surface area contributed by atoms with Crippen LogP contribution in [0.1, 0.15) is 12.7 Å². The normalized spacial score (nSPS) is 11.2. The third-order valence-corrected chi connectivity index (χ3v) is 3.46. The maximum Gasteiger partial charge on any atom is 0.180 e. The topological polar surface area (TPSA) is 56.5 Å². The summed E-state index contributed by atoms with van der Waals surface area (Å²) in [4.78, 5) is 4.42. The third kappa shape index (κ3) is 2.19. The van der Waals surface area contributed by atoms with Gasteiger partial charge in [-0.1, -0.05) is 6.92 Å². The van der Waals surface area contributed by atoms with E-state index >= 15 is 0 Å². The molecular weight excluding hydrogens is 268 g/mol. The van der Waals surface area contributed by atoms with Crippen LogP contribution in [0.15, 0.2) is 28.8 Å². The van der Waals surface area contributed by atoms with Gasteiger partial charge in [0.25, 0.3) is 0 Å². The van der Waals surface area contributed by atoms with Gasteiger partial charge in [-0.15, -0.1) is 0 Å². The highest BCUT2D eigenvalue weighted by Crippen LogP contribution is 2.42. The van der Waals surface area contributed by atoms with E-state index in [1.165, 1.54) is 0 Å². The second-order valence-corrected chi connectivity index (χ2v) is 4.70. The standard InChI is InChI=1S/C16H18N2O3/c1-4-17-9-10-8-12-14(19-2)13-11(6-5-7-18-13)15(20-3)16(12)21-10/h5-8,17H,4,9H2,1-3H3. The molecule has 5 heteroatoms. The maximum atomic E-state index is 5.95. The van der Waals surface area contributed by atoms with Crippen molar-refractivity contribution < 1.29 is 13.9 Å². The van der Waals surface area contributed by atoms with Gasteiger partial charge in [0.2, 0.25) is 0 Å². The van der Waals surface area contributed by atoms with E-state index in [2.05, 4.69) is 17.2 Å². The lowest BCUT2D eigenvalue weighted by Crippen LogP contribution is -2.10. The third-order valence-electron chi connectivity index (χ3n) is 3.46. The number of aromatic nitrogens is 1. The van der Waals surface area contributed by atoms with E-state index < -0.39 is 0 Å². The second kappa shape index (κ2) is 5.61. The number of pyridine rings is 1. The Kier molecular flexibility index (Phi) is 3.66. The first-order valence-electron chi connectivity index (χ1n) is 6.92. The molecule has 0 fully saturated rings. The molecule has 2 aromatic heterocycles. The fourth-order valence-corrected chi connectivity index (χ4v) is 2.54. The molecule has 3 aromatic rings. The number of hydrogen-bond acceptors (Lipinski definition) is 5. The lowest BCUT2D eigenvalue weighted by molar-refractivity contribution is 0.407. The molecule has 0 saturated carbocycles. The van der Waals surface area contributed by atoms with E-state index in [9.17, 15) is 0 Å². The van der Waals surface area contributed by atoms with Crippen LogP contribution in [0.3, 0.4) is 0 Å². The van der Waals surface area contributed by atoms with Crippen LogP contribution in [0, 0.1) is 0 Å². The number of hydrogen-bond donors (Lipinski definition) is 1. The van der Waals surface area contributed by atoms with Gasteiger partial charge in [0.15, 0.2) is 17.1 Å². The van der Waals surface area contributed by atoms with Gasteiger partial charge in [-0.05, 0) is 24.7 Å². The molecule has 5 nitrogen and oxygen atoms in total. The van der Waals surface area contributed by atoms with E-state index in [0.29, 0.717) is 23.6 Å². The van der Waals surface area contributed by atoms with E-state index in [1.807, 2.05) is 18.2 Å². The van der Waals surface area contributed by atoms with Crippen molar-refractivity contribution in [3.8, 4) is 11.5 Å². The Labute approximate surface area is 122 Å². The summed E-state index contributed by atoms with van der Waals surface area (Å²) < 4.78 is 17.1. The number of nitrogens with zero attached hydrogens (tertiary/aromatic N) is 1. The number of benzene rings is 1. The fourth-order valence-electron chi connectivity index (χ4n) is 2.54. The largest absolute Gasteiger partial charge is 0.494 e. The lowest BCUT2D eigenvalue weighted by atomic mass is 10.1. The summed E-state index contributed by atoms with van der Waals surface area (Å²) >= 11 is 0. The number of nitrogens with one attached hydrogen (secondary N) is 1. The minimum absolute atomic E-state index is 0.668. The Bertz CT molecular complexity index is 719. The van der Waals surface area contributed by atoms with Crippen LogP contribution < -0.4 is 14.8 Å². The highest BCUT2D eigenvalue weighted by molar-refractivity contribution is 6.07. The van der Waals surface area contributed by atoms with Crippen LogP contribution in [0.4, 0.5) is 0 Å². The van der Waals surface area contributed by atoms with Crippen molar-refractivity contribution in [1.29, 1.82) is 0 Å². The summed E-state index contributed by atoms with van der Waals surface area (Å²) in [6.45, 7) is 3.61. The SMILES string of the molecule is CCNCc1cc2c(OC)c3ncccc3c(OC)c2o1. The molecule has 0 aliphatic carbocycles. The van der Waals surface area contributed by atoms with Gasteiger partial charge in [-0.2, -0.15) is 0 Å². The van der Waals surface area contributed by atoms with Crippen LogP contribution in [0.25, 0.3) is 21.9 Å². The fraction of sp³-hybridized carbons (Fsp3) is 0.312. The zero-order valence-electron chi connectivity index (χ0n) is 12.4. The molecule has 21 heavy (non-hydrogen) atoms. The van der Waals surface area contributed by atoms with Gasteiger partial charge in [0.1, 0.15) is 11.3 Å². The minimum Gasteiger partial charge on any atom is -0.494 e. The van der Waals surface area contributed by atoms with Crippen LogP contribution >= 0.6 is 0 Å². The molecule has 1 N–H and O–H groups in total. The van der Waals surface area contributed by atoms with Crippen LogP contribution in [-0.4, -0.2) is 25.7 Å². The Hall–Kier alpha value is -2.27. The first kappa shape index (κ1) is 13.7. The zero-order valence-corrected chi connectivity index (χ0v) is 12.4. The predicted octanol–water partition coefficient (Wildman–Crippen LogP) is 3.11. The van der Waals surface area contributed by atoms with Crippen molar-refractivity contribution in [2.75, 3.05) is 20.8 Å². The van der Waals surface area contributed by atoms with E-state index in [-0.39, 0.29) is 0 Å². The van der Waals surface area contributed by atoms with Crippen molar-refractivity contribution >= 4 is 21.9 Å². The van der Waals surface area contributed by atoms with Gasteiger partial charge >= 0.3 is 0 Å². The zero-order chi connectivity index (χ0) is 14.8. The summed E-state index contributed by atoms with van der Waals surface area (Å²) in [6.07, 6.45) is 1.75. The molecule has 0 amide bonds. The van der Waals surface area contributed by atoms with E-state index in [4.69, 9.17) is 13.9 Å². The molecule has 0 saturated heterocycles. The highest BCUT2D eigenvalue weighted by atomic mass is 16.5. The molecule has 110 valence electrons. The van der Waals surface area contributed by atoms with Crippen molar-refractivity contribution in [3.05, 3.63) is 30.2 Å². The van der Waals surface area contributed by atoms with Crippen molar-refractivity contribution in [3.63, 3.8) is 0 Å². The number of furan rings is 1. The molecule has 0 unspecified atom stereocenters. The monoisotopic (exact) mass is 286 g/mol. The molecule has 0 aliphatic heterocycles. The smallest absolute Gasteiger partial charge is 0.180 e. The first-order chi connectivity index (χ1) is 10.3.